The van der Waals surface area contributed by atoms with Crippen molar-refractivity contribution in [3.05, 3.63) is 42.0 Å². The highest BCUT2D eigenvalue weighted by molar-refractivity contribution is 7.81. The Labute approximate surface area is 84.3 Å². The van der Waals surface area contributed by atoms with Crippen LogP contribution in [0.2, 0.25) is 0 Å². The molecule has 13 heavy (non-hydrogen) atoms. The summed E-state index contributed by atoms with van der Waals surface area (Å²) in [4.78, 5) is 1.02. The van der Waals surface area contributed by atoms with E-state index in [9.17, 15) is 0 Å². The smallest absolute Gasteiger partial charge is 0.0330 e. The van der Waals surface area contributed by atoms with Gasteiger partial charge in [0.2, 0.25) is 0 Å². The SMILES string of the molecule is C=C1c2ccccc2C(=S)C1(C)C. The van der Waals surface area contributed by atoms with E-state index in [2.05, 4.69) is 32.6 Å². The van der Waals surface area contributed by atoms with Crippen LogP contribution in [0, 0.1) is 5.41 Å². The second-order valence-electron chi connectivity index (χ2n) is 3.98. The van der Waals surface area contributed by atoms with E-state index in [1.165, 1.54) is 11.1 Å². The van der Waals surface area contributed by atoms with Crippen LogP contribution in [-0.2, 0) is 0 Å². The Morgan fingerprint density at radius 1 is 1.15 bits per heavy atom. The van der Waals surface area contributed by atoms with Gasteiger partial charge < -0.3 is 0 Å². The molecule has 0 amide bonds. The zero-order valence-corrected chi connectivity index (χ0v) is 8.74. The molecule has 0 radical (unpaired) electrons. The molecule has 0 bridgehead atoms. The first-order chi connectivity index (χ1) is 6.05. The van der Waals surface area contributed by atoms with Crippen LogP contribution < -0.4 is 0 Å². The fraction of sp³-hybridized carbons (Fsp3) is 0.250. The summed E-state index contributed by atoms with van der Waals surface area (Å²) in [5, 5.41) is 0. The zero-order chi connectivity index (χ0) is 9.64. The Kier molecular flexibility index (Phi) is 1.67. The minimum absolute atomic E-state index is 0.0426. The molecule has 66 valence electrons. The van der Waals surface area contributed by atoms with Gasteiger partial charge in [-0.05, 0) is 16.7 Å². The fourth-order valence-corrected chi connectivity index (χ4v) is 2.06. The molecule has 0 unspecified atom stereocenters. The largest absolute Gasteiger partial charge is 0.0943 e. The van der Waals surface area contributed by atoms with Gasteiger partial charge in [-0.25, -0.2) is 0 Å². The van der Waals surface area contributed by atoms with Gasteiger partial charge >= 0.3 is 0 Å². The molecule has 0 heterocycles. The molecule has 0 aromatic heterocycles. The van der Waals surface area contributed by atoms with Crippen molar-refractivity contribution in [1.82, 2.24) is 0 Å². The van der Waals surface area contributed by atoms with Crippen molar-refractivity contribution in [2.45, 2.75) is 13.8 Å². The molecule has 0 aliphatic heterocycles. The number of thiocarbonyl (C=S) groups is 1. The highest BCUT2D eigenvalue weighted by atomic mass is 32.1. The Morgan fingerprint density at radius 3 is 2.23 bits per heavy atom. The molecule has 0 nitrogen and oxygen atoms in total. The summed E-state index contributed by atoms with van der Waals surface area (Å²) in [5.74, 6) is 0. The third kappa shape index (κ3) is 1.00. The van der Waals surface area contributed by atoms with E-state index >= 15 is 0 Å². The number of fused-ring (bicyclic) bond motifs is 1. The van der Waals surface area contributed by atoms with Gasteiger partial charge in [0.15, 0.2) is 0 Å². The summed E-state index contributed by atoms with van der Waals surface area (Å²) in [5.41, 5.74) is 3.51. The van der Waals surface area contributed by atoms with E-state index in [0.717, 1.165) is 10.4 Å². The van der Waals surface area contributed by atoms with E-state index in [0.29, 0.717) is 0 Å². The molecule has 1 aromatic carbocycles. The van der Waals surface area contributed by atoms with Gasteiger partial charge in [-0.2, -0.15) is 0 Å². The first-order valence-corrected chi connectivity index (χ1v) is 4.79. The number of benzene rings is 1. The van der Waals surface area contributed by atoms with E-state index in [4.69, 9.17) is 12.2 Å². The lowest BCUT2D eigenvalue weighted by atomic mass is 9.86. The van der Waals surface area contributed by atoms with Crippen LogP contribution >= 0.6 is 12.2 Å². The molecular formula is C12H12S. The van der Waals surface area contributed by atoms with E-state index < -0.39 is 0 Å². The van der Waals surface area contributed by atoms with Gasteiger partial charge in [-0.1, -0.05) is 56.9 Å². The van der Waals surface area contributed by atoms with Crippen LogP contribution in [0.5, 0.6) is 0 Å². The van der Waals surface area contributed by atoms with Crippen LogP contribution in [-0.4, -0.2) is 4.86 Å². The van der Waals surface area contributed by atoms with Crippen molar-refractivity contribution in [2.75, 3.05) is 0 Å². The third-order valence-electron chi connectivity index (χ3n) is 2.82. The predicted molar refractivity (Wildman–Crippen MR) is 61.0 cm³/mol. The lowest BCUT2D eigenvalue weighted by Gasteiger charge is -2.19. The number of allylic oxidation sites excluding steroid dienone is 1. The van der Waals surface area contributed by atoms with E-state index in [1.54, 1.807) is 0 Å². The zero-order valence-electron chi connectivity index (χ0n) is 7.92. The van der Waals surface area contributed by atoms with Crippen LogP contribution in [0.15, 0.2) is 30.8 Å². The fourth-order valence-electron chi connectivity index (χ4n) is 1.75. The number of rotatable bonds is 0. The summed E-state index contributed by atoms with van der Waals surface area (Å²) in [6.45, 7) is 8.38. The van der Waals surface area contributed by atoms with Crippen molar-refractivity contribution in [3.63, 3.8) is 0 Å². The van der Waals surface area contributed by atoms with Gasteiger partial charge in [0.1, 0.15) is 0 Å². The minimum atomic E-state index is -0.0426. The average Bonchev–Trinajstić information content (AvgIpc) is 2.30. The molecule has 0 spiro atoms. The maximum atomic E-state index is 5.43. The molecule has 0 saturated heterocycles. The standard InChI is InChI=1S/C12H12S/c1-8-9-6-4-5-7-10(9)11(13)12(8,2)3/h4-7H,1H2,2-3H3. The van der Waals surface area contributed by atoms with Crippen LogP contribution in [0.1, 0.15) is 25.0 Å². The molecule has 0 fully saturated rings. The van der Waals surface area contributed by atoms with Crippen molar-refractivity contribution in [2.24, 2.45) is 5.41 Å². The van der Waals surface area contributed by atoms with Crippen molar-refractivity contribution < 1.29 is 0 Å². The average molecular weight is 188 g/mol. The van der Waals surface area contributed by atoms with Crippen molar-refractivity contribution in [1.29, 1.82) is 0 Å². The van der Waals surface area contributed by atoms with Crippen molar-refractivity contribution in [3.8, 4) is 0 Å². The van der Waals surface area contributed by atoms with Gasteiger partial charge in [-0.15, -0.1) is 0 Å². The van der Waals surface area contributed by atoms with Gasteiger partial charge in [0.05, 0.1) is 0 Å². The van der Waals surface area contributed by atoms with Crippen LogP contribution in [0.3, 0.4) is 0 Å². The summed E-state index contributed by atoms with van der Waals surface area (Å²) in [6, 6.07) is 8.24. The predicted octanol–water partition coefficient (Wildman–Crippen LogP) is 3.46. The monoisotopic (exact) mass is 188 g/mol. The normalized spacial score (nSPS) is 18.9. The molecule has 1 aromatic rings. The van der Waals surface area contributed by atoms with Crippen LogP contribution in [0.25, 0.3) is 5.57 Å². The summed E-state index contributed by atoms with van der Waals surface area (Å²) in [7, 11) is 0. The molecule has 2 rings (SSSR count). The van der Waals surface area contributed by atoms with Gasteiger partial charge in [-0.3, -0.25) is 0 Å². The highest BCUT2D eigenvalue weighted by Crippen LogP contribution is 2.45. The molecule has 1 aliphatic carbocycles. The minimum Gasteiger partial charge on any atom is -0.0943 e. The number of hydrogen-bond acceptors (Lipinski definition) is 1. The maximum absolute atomic E-state index is 5.43. The molecule has 0 atom stereocenters. The lowest BCUT2D eigenvalue weighted by Crippen LogP contribution is -2.16. The Morgan fingerprint density at radius 2 is 1.69 bits per heavy atom. The maximum Gasteiger partial charge on any atom is 0.0330 e. The highest BCUT2D eigenvalue weighted by Gasteiger charge is 2.36. The quantitative estimate of drug-likeness (QED) is 0.562. The first kappa shape index (κ1) is 8.64. The van der Waals surface area contributed by atoms with Gasteiger partial charge in [0, 0.05) is 10.3 Å². The summed E-state index contributed by atoms with van der Waals surface area (Å²) in [6.07, 6.45) is 0. The molecular weight excluding hydrogens is 176 g/mol. The molecule has 0 N–H and O–H groups in total. The molecule has 1 aliphatic rings. The van der Waals surface area contributed by atoms with E-state index in [1.807, 2.05) is 12.1 Å². The van der Waals surface area contributed by atoms with Crippen molar-refractivity contribution >= 4 is 22.7 Å². The lowest BCUT2D eigenvalue weighted by molar-refractivity contribution is 0.728. The Bertz CT molecular complexity index is 362. The second kappa shape index (κ2) is 2.52. The van der Waals surface area contributed by atoms with Gasteiger partial charge in [0.25, 0.3) is 0 Å². The van der Waals surface area contributed by atoms with Crippen LogP contribution in [0.4, 0.5) is 0 Å². The third-order valence-corrected chi connectivity index (χ3v) is 3.55. The number of hydrogen-bond donors (Lipinski definition) is 0. The Balaban J connectivity index is 2.71. The summed E-state index contributed by atoms with van der Waals surface area (Å²) < 4.78 is 0. The second-order valence-corrected chi connectivity index (χ2v) is 4.39. The molecule has 0 saturated carbocycles. The van der Waals surface area contributed by atoms with E-state index in [-0.39, 0.29) is 5.41 Å². The summed E-state index contributed by atoms with van der Waals surface area (Å²) >= 11 is 5.43. The first-order valence-electron chi connectivity index (χ1n) is 4.39. The molecule has 1 heteroatoms. The topological polar surface area (TPSA) is 0 Å². The Hall–Kier alpha value is -0.950.